The molecule has 1 aromatic rings. The minimum atomic E-state index is -3.47. The molecule has 0 aromatic heterocycles. The standard InChI is InChI=1S/C16H26N2O2S/c1-11-6-4-5-7-14(11)10-18-21(19,20)16-12(2)8-15(17)9-13(16)3/h8-9,11,14,18H,4-7,10,17H2,1-3H3. The molecule has 5 heteroatoms. The summed E-state index contributed by atoms with van der Waals surface area (Å²) in [6.07, 6.45) is 4.78. The maximum atomic E-state index is 12.6. The van der Waals surface area contributed by atoms with Crippen LogP contribution in [0.4, 0.5) is 5.69 Å². The smallest absolute Gasteiger partial charge is 0.241 e. The Hall–Kier alpha value is -1.07. The molecule has 2 unspecified atom stereocenters. The number of benzene rings is 1. The van der Waals surface area contributed by atoms with Gasteiger partial charge in [0.15, 0.2) is 0 Å². The molecular formula is C16H26N2O2S. The van der Waals surface area contributed by atoms with E-state index in [4.69, 9.17) is 5.73 Å². The summed E-state index contributed by atoms with van der Waals surface area (Å²) < 4.78 is 28.0. The molecule has 118 valence electrons. The van der Waals surface area contributed by atoms with Gasteiger partial charge in [-0.05, 0) is 55.4 Å². The average molecular weight is 310 g/mol. The van der Waals surface area contributed by atoms with Crippen LogP contribution in [0.25, 0.3) is 0 Å². The Morgan fingerprint density at radius 3 is 2.33 bits per heavy atom. The highest BCUT2D eigenvalue weighted by Crippen LogP contribution is 2.29. The van der Waals surface area contributed by atoms with Crippen LogP contribution in [0.3, 0.4) is 0 Å². The number of hydrogen-bond donors (Lipinski definition) is 2. The zero-order chi connectivity index (χ0) is 15.6. The van der Waals surface area contributed by atoms with Gasteiger partial charge in [0.1, 0.15) is 0 Å². The summed E-state index contributed by atoms with van der Waals surface area (Å²) >= 11 is 0. The summed E-state index contributed by atoms with van der Waals surface area (Å²) in [6, 6.07) is 3.43. The number of anilines is 1. The molecular weight excluding hydrogens is 284 g/mol. The van der Waals surface area contributed by atoms with Gasteiger partial charge in [-0.2, -0.15) is 0 Å². The van der Waals surface area contributed by atoms with Crippen LogP contribution in [-0.2, 0) is 10.0 Å². The molecule has 1 aromatic carbocycles. The van der Waals surface area contributed by atoms with Crippen LogP contribution in [0.15, 0.2) is 17.0 Å². The van der Waals surface area contributed by atoms with E-state index in [1.54, 1.807) is 26.0 Å². The molecule has 1 saturated carbocycles. The lowest BCUT2D eigenvalue weighted by Crippen LogP contribution is -2.34. The molecule has 0 saturated heterocycles. The lowest BCUT2D eigenvalue weighted by Gasteiger charge is -2.28. The average Bonchev–Trinajstić information content (AvgIpc) is 2.36. The third kappa shape index (κ3) is 3.77. The fourth-order valence-corrected chi connectivity index (χ4v) is 4.94. The van der Waals surface area contributed by atoms with Gasteiger partial charge >= 0.3 is 0 Å². The topological polar surface area (TPSA) is 72.2 Å². The van der Waals surface area contributed by atoms with E-state index in [1.165, 1.54) is 19.3 Å². The minimum Gasteiger partial charge on any atom is -0.399 e. The molecule has 0 radical (unpaired) electrons. The van der Waals surface area contributed by atoms with Gasteiger partial charge in [-0.25, -0.2) is 13.1 Å². The Balaban J connectivity index is 2.15. The first-order chi connectivity index (χ1) is 9.81. The number of nitrogen functional groups attached to an aromatic ring is 1. The van der Waals surface area contributed by atoms with Crippen molar-refractivity contribution in [3.63, 3.8) is 0 Å². The highest BCUT2D eigenvalue weighted by atomic mass is 32.2. The van der Waals surface area contributed by atoms with Gasteiger partial charge in [0.05, 0.1) is 4.90 Å². The largest absolute Gasteiger partial charge is 0.399 e. The van der Waals surface area contributed by atoms with Gasteiger partial charge in [-0.1, -0.05) is 26.2 Å². The first-order valence-electron chi connectivity index (χ1n) is 7.67. The van der Waals surface area contributed by atoms with Gasteiger partial charge in [0.25, 0.3) is 0 Å². The van der Waals surface area contributed by atoms with E-state index in [0.29, 0.717) is 40.1 Å². The second-order valence-electron chi connectivity index (χ2n) is 6.36. The van der Waals surface area contributed by atoms with Crippen molar-refractivity contribution in [3.05, 3.63) is 23.3 Å². The minimum absolute atomic E-state index is 0.375. The first kappa shape index (κ1) is 16.3. The fourth-order valence-electron chi connectivity index (χ4n) is 3.39. The third-order valence-electron chi connectivity index (χ3n) is 4.58. The summed E-state index contributed by atoms with van der Waals surface area (Å²) in [7, 11) is -3.47. The number of sulfonamides is 1. The highest BCUT2D eigenvalue weighted by molar-refractivity contribution is 7.89. The molecule has 3 N–H and O–H groups in total. The van der Waals surface area contributed by atoms with E-state index >= 15 is 0 Å². The fraction of sp³-hybridized carbons (Fsp3) is 0.625. The predicted molar refractivity (Wildman–Crippen MR) is 86.6 cm³/mol. The van der Waals surface area contributed by atoms with E-state index in [-0.39, 0.29) is 0 Å². The summed E-state index contributed by atoms with van der Waals surface area (Å²) in [5.41, 5.74) is 7.78. The Kier molecular flexibility index (Phi) is 4.94. The van der Waals surface area contributed by atoms with Crippen LogP contribution >= 0.6 is 0 Å². The quantitative estimate of drug-likeness (QED) is 0.840. The molecule has 21 heavy (non-hydrogen) atoms. The molecule has 0 heterocycles. The Morgan fingerprint density at radius 1 is 1.19 bits per heavy atom. The SMILES string of the molecule is Cc1cc(N)cc(C)c1S(=O)(=O)NCC1CCCCC1C. The molecule has 0 spiro atoms. The van der Waals surface area contributed by atoms with Crippen molar-refractivity contribution < 1.29 is 8.42 Å². The van der Waals surface area contributed by atoms with Crippen molar-refractivity contribution in [2.24, 2.45) is 11.8 Å². The lowest BCUT2D eigenvalue weighted by atomic mass is 9.81. The van der Waals surface area contributed by atoms with Gasteiger partial charge in [-0.3, -0.25) is 0 Å². The Bertz CT molecular complexity index is 588. The summed E-state index contributed by atoms with van der Waals surface area (Å²) in [5.74, 6) is 1.04. The second kappa shape index (κ2) is 6.36. The molecule has 4 nitrogen and oxygen atoms in total. The van der Waals surface area contributed by atoms with Crippen LogP contribution < -0.4 is 10.5 Å². The monoisotopic (exact) mass is 310 g/mol. The van der Waals surface area contributed by atoms with Crippen molar-refractivity contribution in [2.45, 2.75) is 51.3 Å². The molecule has 0 amide bonds. The molecule has 0 aliphatic heterocycles. The predicted octanol–water partition coefficient (Wildman–Crippen LogP) is 2.99. The molecule has 2 atom stereocenters. The summed E-state index contributed by atoms with van der Waals surface area (Å²) in [5, 5.41) is 0. The van der Waals surface area contributed by atoms with E-state index in [0.717, 1.165) is 6.42 Å². The number of hydrogen-bond acceptors (Lipinski definition) is 3. The van der Waals surface area contributed by atoms with Crippen LogP contribution in [0.5, 0.6) is 0 Å². The number of nitrogens with one attached hydrogen (secondary N) is 1. The van der Waals surface area contributed by atoms with Crippen LogP contribution in [0.1, 0.15) is 43.7 Å². The van der Waals surface area contributed by atoms with Crippen molar-refractivity contribution in [1.82, 2.24) is 4.72 Å². The molecule has 1 aliphatic carbocycles. The van der Waals surface area contributed by atoms with Gasteiger partial charge in [-0.15, -0.1) is 0 Å². The van der Waals surface area contributed by atoms with Crippen molar-refractivity contribution in [3.8, 4) is 0 Å². The number of aryl methyl sites for hydroxylation is 2. The Morgan fingerprint density at radius 2 is 1.76 bits per heavy atom. The lowest BCUT2D eigenvalue weighted by molar-refractivity contribution is 0.257. The van der Waals surface area contributed by atoms with Crippen LogP contribution in [-0.4, -0.2) is 15.0 Å². The summed E-state index contributed by atoms with van der Waals surface area (Å²) in [6.45, 7) is 6.34. The zero-order valence-electron chi connectivity index (χ0n) is 13.1. The van der Waals surface area contributed by atoms with E-state index in [1.807, 2.05) is 0 Å². The van der Waals surface area contributed by atoms with Crippen LogP contribution in [0.2, 0.25) is 0 Å². The summed E-state index contributed by atoms with van der Waals surface area (Å²) in [4.78, 5) is 0.375. The van der Waals surface area contributed by atoms with Gasteiger partial charge < -0.3 is 5.73 Å². The number of nitrogens with two attached hydrogens (primary N) is 1. The molecule has 2 rings (SSSR count). The maximum Gasteiger partial charge on any atom is 0.241 e. The van der Waals surface area contributed by atoms with Crippen molar-refractivity contribution in [1.29, 1.82) is 0 Å². The molecule has 0 bridgehead atoms. The van der Waals surface area contributed by atoms with Crippen LogP contribution in [0, 0.1) is 25.7 Å². The zero-order valence-corrected chi connectivity index (χ0v) is 14.0. The van der Waals surface area contributed by atoms with E-state index in [9.17, 15) is 8.42 Å². The van der Waals surface area contributed by atoms with Crippen molar-refractivity contribution in [2.75, 3.05) is 12.3 Å². The highest BCUT2D eigenvalue weighted by Gasteiger charge is 2.25. The normalized spacial score (nSPS) is 23.2. The second-order valence-corrected chi connectivity index (χ2v) is 8.06. The van der Waals surface area contributed by atoms with E-state index < -0.39 is 10.0 Å². The van der Waals surface area contributed by atoms with Gasteiger partial charge in [0.2, 0.25) is 10.0 Å². The van der Waals surface area contributed by atoms with E-state index in [2.05, 4.69) is 11.6 Å². The molecule has 1 fully saturated rings. The van der Waals surface area contributed by atoms with Crippen molar-refractivity contribution >= 4 is 15.7 Å². The maximum absolute atomic E-state index is 12.6. The Labute approximate surface area is 128 Å². The van der Waals surface area contributed by atoms with Gasteiger partial charge in [0, 0.05) is 12.2 Å². The number of rotatable bonds is 4. The molecule has 1 aliphatic rings. The third-order valence-corrected chi connectivity index (χ3v) is 6.30. The first-order valence-corrected chi connectivity index (χ1v) is 9.16.